The van der Waals surface area contributed by atoms with Crippen LogP contribution in [0.4, 0.5) is 13.2 Å². The molecule has 2 heterocycles. The van der Waals surface area contributed by atoms with Gasteiger partial charge >= 0.3 is 6.18 Å². The molecule has 0 bridgehead atoms. The van der Waals surface area contributed by atoms with Crippen LogP contribution in [0.5, 0.6) is 0 Å². The van der Waals surface area contributed by atoms with Crippen molar-refractivity contribution >= 4 is 11.6 Å². The van der Waals surface area contributed by atoms with E-state index in [4.69, 9.17) is 11.6 Å². The van der Waals surface area contributed by atoms with Gasteiger partial charge < -0.3 is 0 Å². The van der Waals surface area contributed by atoms with Crippen molar-refractivity contribution in [2.75, 3.05) is 0 Å². The molecule has 0 saturated heterocycles. The first kappa shape index (κ1) is 14.5. The van der Waals surface area contributed by atoms with E-state index in [9.17, 15) is 13.2 Å². The lowest BCUT2D eigenvalue weighted by molar-refractivity contribution is -0.141. The molecule has 20 heavy (non-hydrogen) atoms. The molecule has 0 aliphatic carbocycles. The van der Waals surface area contributed by atoms with Gasteiger partial charge in [-0.3, -0.25) is 9.97 Å². The average molecular weight is 299 g/mol. The minimum absolute atomic E-state index is 0.0184. The molecule has 0 aromatic carbocycles. The smallest absolute Gasteiger partial charge is 0.259 e. The third-order valence-corrected chi connectivity index (χ3v) is 2.97. The van der Waals surface area contributed by atoms with E-state index < -0.39 is 17.8 Å². The van der Waals surface area contributed by atoms with Crippen molar-refractivity contribution in [3.8, 4) is 0 Å². The summed E-state index contributed by atoms with van der Waals surface area (Å²) in [6, 6.07) is 5.97. The summed E-state index contributed by atoms with van der Waals surface area (Å²) in [5, 5.41) is 0.416. The van der Waals surface area contributed by atoms with E-state index in [2.05, 4.69) is 16.5 Å². The number of pyridine rings is 2. The molecule has 2 aromatic rings. The fourth-order valence-corrected chi connectivity index (χ4v) is 2.00. The van der Waals surface area contributed by atoms with E-state index in [1.54, 1.807) is 12.1 Å². The van der Waals surface area contributed by atoms with Crippen LogP contribution in [0.2, 0.25) is 5.02 Å². The summed E-state index contributed by atoms with van der Waals surface area (Å²) in [5.74, 6) is -0.697. The first-order valence-corrected chi connectivity index (χ1v) is 6.07. The second-order valence-electron chi connectivity index (χ2n) is 4.05. The summed E-state index contributed by atoms with van der Waals surface area (Å²) in [6.45, 7) is 3.59. The fraction of sp³-hybridized carbons (Fsp3) is 0.143. The van der Waals surface area contributed by atoms with E-state index in [0.717, 1.165) is 6.20 Å². The minimum Gasteiger partial charge on any atom is -0.259 e. The second kappa shape index (κ2) is 5.63. The van der Waals surface area contributed by atoms with Gasteiger partial charge in [-0.1, -0.05) is 23.7 Å². The Labute approximate surface area is 118 Å². The quantitative estimate of drug-likeness (QED) is 0.782. The average Bonchev–Trinajstić information content (AvgIpc) is 2.41. The normalized spacial score (nSPS) is 13.0. The molecule has 1 unspecified atom stereocenters. The highest BCUT2D eigenvalue weighted by Gasteiger charge is 2.36. The van der Waals surface area contributed by atoms with Gasteiger partial charge in [0.25, 0.3) is 0 Å². The molecule has 0 radical (unpaired) electrons. The van der Waals surface area contributed by atoms with E-state index >= 15 is 0 Å². The maximum Gasteiger partial charge on any atom is 0.433 e. The number of nitrogens with zero attached hydrogens (tertiary/aromatic N) is 2. The van der Waals surface area contributed by atoms with E-state index in [1.165, 1.54) is 24.4 Å². The Kier molecular flexibility index (Phi) is 4.09. The van der Waals surface area contributed by atoms with Crippen molar-refractivity contribution in [2.45, 2.75) is 12.1 Å². The van der Waals surface area contributed by atoms with Gasteiger partial charge in [0.1, 0.15) is 5.69 Å². The summed E-state index contributed by atoms with van der Waals surface area (Å²) >= 11 is 5.73. The van der Waals surface area contributed by atoms with E-state index in [0.29, 0.717) is 10.7 Å². The fourth-order valence-electron chi connectivity index (χ4n) is 1.88. The zero-order chi connectivity index (χ0) is 14.8. The lowest BCUT2D eigenvalue weighted by Gasteiger charge is -2.17. The number of alkyl halides is 3. The summed E-state index contributed by atoms with van der Waals surface area (Å²) < 4.78 is 39.0. The molecule has 0 spiro atoms. The van der Waals surface area contributed by atoms with Gasteiger partial charge in [0.05, 0.1) is 10.7 Å². The summed E-state index contributed by atoms with van der Waals surface area (Å²) in [4.78, 5) is 7.49. The van der Waals surface area contributed by atoms with Crippen LogP contribution in [0, 0.1) is 0 Å². The van der Waals surface area contributed by atoms with Gasteiger partial charge in [-0.2, -0.15) is 13.2 Å². The van der Waals surface area contributed by atoms with E-state index in [-0.39, 0.29) is 5.56 Å². The third kappa shape index (κ3) is 2.99. The van der Waals surface area contributed by atoms with Gasteiger partial charge in [-0.05, 0) is 23.8 Å². The highest BCUT2D eigenvalue weighted by molar-refractivity contribution is 6.30. The maximum atomic E-state index is 13.0. The molecule has 0 saturated carbocycles. The van der Waals surface area contributed by atoms with Gasteiger partial charge in [0.2, 0.25) is 0 Å². The summed E-state index contributed by atoms with van der Waals surface area (Å²) in [5.41, 5.74) is -0.477. The Balaban J connectivity index is 2.53. The Morgan fingerprint density at radius 3 is 2.50 bits per heavy atom. The standard InChI is InChI=1S/C14H10ClF3N2/c1-2-10(12-6-5-9(15)8-20-12)11-4-3-7-19-13(11)14(16,17)18/h2-8,10H,1H2. The highest BCUT2D eigenvalue weighted by atomic mass is 35.5. The molecule has 2 rings (SSSR count). The molecule has 6 heteroatoms. The number of hydrogen-bond donors (Lipinski definition) is 0. The van der Waals surface area contributed by atoms with Crippen LogP contribution in [-0.2, 0) is 6.18 Å². The Morgan fingerprint density at radius 1 is 1.20 bits per heavy atom. The van der Waals surface area contributed by atoms with Gasteiger partial charge in [-0.15, -0.1) is 6.58 Å². The Hall–Kier alpha value is -1.88. The molecular weight excluding hydrogens is 289 g/mol. The predicted octanol–water partition coefficient (Wildman–Crippen LogP) is 4.47. The lowest BCUT2D eigenvalue weighted by Crippen LogP contribution is -2.14. The van der Waals surface area contributed by atoms with Crippen molar-refractivity contribution < 1.29 is 13.2 Å². The predicted molar refractivity (Wildman–Crippen MR) is 70.5 cm³/mol. The van der Waals surface area contributed by atoms with Crippen LogP contribution in [0.1, 0.15) is 22.9 Å². The number of halogens is 4. The molecule has 0 N–H and O–H groups in total. The van der Waals surface area contributed by atoms with Crippen LogP contribution in [0.3, 0.4) is 0 Å². The number of rotatable bonds is 3. The molecule has 2 aromatic heterocycles. The molecule has 104 valence electrons. The Morgan fingerprint density at radius 2 is 1.95 bits per heavy atom. The molecule has 0 amide bonds. The topological polar surface area (TPSA) is 25.8 Å². The first-order chi connectivity index (χ1) is 9.43. The number of aromatic nitrogens is 2. The van der Waals surface area contributed by atoms with Crippen LogP contribution >= 0.6 is 11.6 Å². The highest BCUT2D eigenvalue weighted by Crippen LogP contribution is 2.36. The SMILES string of the molecule is C=CC(c1ccc(Cl)cn1)c1cccnc1C(F)(F)F. The van der Waals surface area contributed by atoms with Crippen molar-refractivity contribution in [1.82, 2.24) is 9.97 Å². The third-order valence-electron chi connectivity index (χ3n) is 2.75. The zero-order valence-corrected chi connectivity index (χ0v) is 11.0. The first-order valence-electron chi connectivity index (χ1n) is 5.69. The van der Waals surface area contributed by atoms with Crippen LogP contribution in [0.25, 0.3) is 0 Å². The van der Waals surface area contributed by atoms with Gasteiger partial charge in [0.15, 0.2) is 0 Å². The van der Waals surface area contributed by atoms with Crippen LogP contribution in [-0.4, -0.2) is 9.97 Å². The molecule has 1 atom stereocenters. The van der Waals surface area contributed by atoms with Crippen molar-refractivity contribution in [3.63, 3.8) is 0 Å². The minimum atomic E-state index is -4.52. The van der Waals surface area contributed by atoms with Crippen molar-refractivity contribution in [1.29, 1.82) is 0 Å². The molecule has 0 aliphatic rings. The molecule has 0 fully saturated rings. The zero-order valence-electron chi connectivity index (χ0n) is 10.2. The van der Waals surface area contributed by atoms with E-state index in [1.807, 2.05) is 0 Å². The molecule has 2 nitrogen and oxygen atoms in total. The van der Waals surface area contributed by atoms with Crippen molar-refractivity contribution in [3.05, 3.63) is 71.3 Å². The molecule has 0 aliphatic heterocycles. The lowest BCUT2D eigenvalue weighted by atomic mass is 9.93. The van der Waals surface area contributed by atoms with Crippen LogP contribution < -0.4 is 0 Å². The largest absolute Gasteiger partial charge is 0.433 e. The summed E-state index contributed by atoms with van der Waals surface area (Å²) in [7, 11) is 0. The maximum absolute atomic E-state index is 13.0. The van der Waals surface area contributed by atoms with Gasteiger partial charge in [0, 0.05) is 18.3 Å². The number of allylic oxidation sites excluding steroid dienone is 1. The Bertz CT molecular complexity index is 609. The van der Waals surface area contributed by atoms with Crippen LogP contribution in [0.15, 0.2) is 49.3 Å². The van der Waals surface area contributed by atoms with Gasteiger partial charge in [-0.25, -0.2) is 0 Å². The molecular formula is C14H10ClF3N2. The summed E-state index contributed by atoms with van der Waals surface area (Å²) in [6.07, 6.45) is -0.619. The monoisotopic (exact) mass is 298 g/mol. The second-order valence-corrected chi connectivity index (χ2v) is 4.49. The van der Waals surface area contributed by atoms with Crippen molar-refractivity contribution in [2.24, 2.45) is 0 Å². The number of hydrogen-bond acceptors (Lipinski definition) is 2.